The van der Waals surface area contributed by atoms with Crippen LogP contribution in [0, 0.1) is 13.8 Å². The summed E-state index contributed by atoms with van der Waals surface area (Å²) in [5, 5.41) is 5.14. The Hall–Kier alpha value is -4.66. The molecular weight excluding hydrogens is 450 g/mol. The van der Waals surface area contributed by atoms with Gasteiger partial charge < -0.3 is 19.8 Å². The van der Waals surface area contributed by atoms with Crippen molar-refractivity contribution in [3.05, 3.63) is 82.7 Å². The highest BCUT2D eigenvalue weighted by Crippen LogP contribution is 2.28. The van der Waals surface area contributed by atoms with Gasteiger partial charge in [-0.2, -0.15) is 0 Å². The number of hydrogen-bond acceptors (Lipinski definition) is 6. The Morgan fingerprint density at radius 3 is 2.49 bits per heavy atom. The molecule has 0 spiro atoms. The summed E-state index contributed by atoms with van der Waals surface area (Å²) in [4.78, 5) is 49.9. The van der Waals surface area contributed by atoms with E-state index in [2.05, 4.69) is 10.6 Å². The normalized spacial score (nSPS) is 14.3. The Morgan fingerprint density at radius 1 is 1.06 bits per heavy atom. The van der Waals surface area contributed by atoms with Gasteiger partial charge in [0.2, 0.25) is 5.91 Å². The number of aryl methyl sites for hydroxylation is 2. The second-order valence-corrected chi connectivity index (χ2v) is 8.02. The molecule has 2 N–H and O–H groups in total. The smallest absolute Gasteiger partial charge is 0.337 e. The van der Waals surface area contributed by atoms with Crippen molar-refractivity contribution in [1.29, 1.82) is 0 Å². The van der Waals surface area contributed by atoms with Crippen molar-refractivity contribution in [3.63, 3.8) is 0 Å². The molecule has 3 aromatic rings. The van der Waals surface area contributed by atoms with Gasteiger partial charge in [-0.05, 0) is 55.8 Å². The first-order valence-electron chi connectivity index (χ1n) is 10.8. The van der Waals surface area contributed by atoms with Gasteiger partial charge in [-0.3, -0.25) is 9.59 Å². The molecule has 1 aliphatic heterocycles. The number of anilines is 1. The number of methoxy groups -OCH3 is 1. The third kappa shape index (κ3) is 5.14. The molecule has 0 unspecified atom stereocenters. The minimum absolute atomic E-state index is 0.00297. The van der Waals surface area contributed by atoms with Gasteiger partial charge in [-0.25, -0.2) is 14.5 Å². The molecular formula is C26H23N3O6. The summed E-state index contributed by atoms with van der Waals surface area (Å²) in [6, 6.07) is 14.9. The average Bonchev–Trinajstić information content (AvgIpc) is 3.40. The van der Waals surface area contributed by atoms with Gasteiger partial charge in [0.05, 0.1) is 12.7 Å². The van der Waals surface area contributed by atoms with E-state index in [1.54, 1.807) is 42.5 Å². The molecule has 178 valence electrons. The van der Waals surface area contributed by atoms with Crippen molar-refractivity contribution in [2.45, 2.75) is 13.8 Å². The largest absolute Gasteiger partial charge is 0.465 e. The van der Waals surface area contributed by atoms with E-state index in [1.165, 1.54) is 13.2 Å². The monoisotopic (exact) mass is 473 g/mol. The molecule has 1 saturated heterocycles. The number of carbonyl (C=O) groups excluding carboxylic acids is 4. The first kappa shape index (κ1) is 23.5. The second-order valence-electron chi connectivity index (χ2n) is 8.02. The van der Waals surface area contributed by atoms with E-state index < -0.39 is 30.4 Å². The highest BCUT2D eigenvalue weighted by molar-refractivity contribution is 6.15. The fourth-order valence-electron chi connectivity index (χ4n) is 3.60. The van der Waals surface area contributed by atoms with Gasteiger partial charge in [0, 0.05) is 17.3 Å². The number of urea groups is 1. The maximum absolute atomic E-state index is 12.7. The first-order chi connectivity index (χ1) is 16.7. The quantitative estimate of drug-likeness (QED) is 0.319. The highest BCUT2D eigenvalue weighted by Gasteiger charge is 2.35. The predicted octanol–water partition coefficient (Wildman–Crippen LogP) is 3.88. The second kappa shape index (κ2) is 9.68. The van der Waals surface area contributed by atoms with E-state index in [-0.39, 0.29) is 5.70 Å². The third-order valence-electron chi connectivity index (χ3n) is 5.43. The Bertz CT molecular complexity index is 1350. The van der Waals surface area contributed by atoms with E-state index >= 15 is 0 Å². The lowest BCUT2D eigenvalue weighted by Gasteiger charge is -2.12. The predicted molar refractivity (Wildman–Crippen MR) is 128 cm³/mol. The van der Waals surface area contributed by atoms with Crippen LogP contribution in [-0.2, 0) is 14.3 Å². The number of ether oxygens (including phenoxy) is 1. The Labute approximate surface area is 201 Å². The molecule has 1 aliphatic rings. The van der Waals surface area contributed by atoms with Crippen LogP contribution in [0.1, 0.15) is 27.2 Å². The maximum Gasteiger partial charge on any atom is 0.337 e. The van der Waals surface area contributed by atoms with Crippen LogP contribution in [0.25, 0.3) is 17.4 Å². The van der Waals surface area contributed by atoms with Crippen molar-refractivity contribution in [1.82, 2.24) is 10.2 Å². The molecule has 4 rings (SSSR count). The molecule has 0 bridgehead atoms. The van der Waals surface area contributed by atoms with Gasteiger partial charge in [-0.1, -0.05) is 23.8 Å². The third-order valence-corrected chi connectivity index (χ3v) is 5.43. The number of benzene rings is 2. The number of hydrogen-bond donors (Lipinski definition) is 2. The number of rotatable bonds is 6. The number of nitrogens with zero attached hydrogens (tertiary/aromatic N) is 1. The summed E-state index contributed by atoms with van der Waals surface area (Å²) < 4.78 is 10.6. The van der Waals surface area contributed by atoms with Crippen LogP contribution in [0.5, 0.6) is 0 Å². The van der Waals surface area contributed by atoms with Crippen molar-refractivity contribution in [3.8, 4) is 11.3 Å². The van der Waals surface area contributed by atoms with Crippen LogP contribution in [0.3, 0.4) is 0 Å². The van der Waals surface area contributed by atoms with Gasteiger partial charge in [-0.15, -0.1) is 0 Å². The average molecular weight is 473 g/mol. The number of furan rings is 1. The maximum atomic E-state index is 12.7. The SMILES string of the molecule is COC(=O)c1ccc(-c2ccc(/C=C3/NC(=O)N(CC(=O)Nc4ccc(C)cc4)C3=O)o2)c(C)c1. The molecule has 9 heteroatoms. The molecule has 2 heterocycles. The lowest BCUT2D eigenvalue weighted by molar-refractivity contribution is -0.127. The standard InChI is InChI=1S/C26H23N3O6/c1-15-4-7-18(8-5-15)27-23(30)14-29-24(31)21(28-26(29)33)13-19-9-11-22(35-19)20-10-6-17(12-16(20)2)25(32)34-3/h4-13H,14H2,1-3H3,(H,27,30)(H,28,33)/b21-13+. The zero-order chi connectivity index (χ0) is 25.1. The molecule has 9 nitrogen and oxygen atoms in total. The van der Waals surface area contributed by atoms with Gasteiger partial charge in [0.1, 0.15) is 23.8 Å². The summed E-state index contributed by atoms with van der Waals surface area (Å²) in [7, 11) is 1.32. The van der Waals surface area contributed by atoms with Crippen LogP contribution >= 0.6 is 0 Å². The zero-order valence-corrected chi connectivity index (χ0v) is 19.4. The zero-order valence-electron chi connectivity index (χ0n) is 19.4. The molecule has 4 amide bonds. The van der Waals surface area contributed by atoms with Gasteiger partial charge in [0.15, 0.2) is 0 Å². The summed E-state index contributed by atoms with van der Waals surface area (Å²) >= 11 is 0. The van der Waals surface area contributed by atoms with E-state index in [1.807, 2.05) is 26.0 Å². The summed E-state index contributed by atoms with van der Waals surface area (Å²) in [5.41, 5.74) is 3.60. The summed E-state index contributed by atoms with van der Waals surface area (Å²) in [6.07, 6.45) is 1.40. The minimum Gasteiger partial charge on any atom is -0.465 e. The van der Waals surface area contributed by atoms with E-state index in [0.29, 0.717) is 22.8 Å². The van der Waals surface area contributed by atoms with Crippen LogP contribution in [0.15, 0.2) is 64.7 Å². The van der Waals surface area contributed by atoms with Gasteiger partial charge in [0.25, 0.3) is 5.91 Å². The summed E-state index contributed by atoms with van der Waals surface area (Å²) in [5.74, 6) is -0.699. The summed E-state index contributed by atoms with van der Waals surface area (Å²) in [6.45, 7) is 3.34. The lowest BCUT2D eigenvalue weighted by atomic mass is 10.0. The molecule has 0 atom stereocenters. The van der Waals surface area contributed by atoms with E-state index in [9.17, 15) is 19.2 Å². The number of amides is 4. The Kier molecular flexibility index (Phi) is 6.50. The van der Waals surface area contributed by atoms with Crippen molar-refractivity contribution >= 4 is 35.6 Å². The Morgan fingerprint density at radius 2 is 1.80 bits per heavy atom. The fraction of sp³-hybridized carbons (Fsp3) is 0.154. The first-order valence-corrected chi connectivity index (χ1v) is 10.8. The van der Waals surface area contributed by atoms with Crippen molar-refractivity contribution in [2.24, 2.45) is 0 Å². The number of esters is 1. The molecule has 0 aliphatic carbocycles. The Balaban J connectivity index is 1.46. The van der Waals surface area contributed by atoms with E-state index in [4.69, 9.17) is 9.15 Å². The topological polar surface area (TPSA) is 118 Å². The van der Waals surface area contributed by atoms with Crippen molar-refractivity contribution in [2.75, 3.05) is 19.0 Å². The number of nitrogens with one attached hydrogen (secondary N) is 2. The minimum atomic E-state index is -0.693. The fourth-order valence-corrected chi connectivity index (χ4v) is 3.60. The number of carbonyl (C=O) groups is 4. The van der Waals surface area contributed by atoms with E-state index in [0.717, 1.165) is 21.6 Å². The lowest BCUT2D eigenvalue weighted by Crippen LogP contribution is -2.38. The van der Waals surface area contributed by atoms with Crippen LogP contribution in [0.4, 0.5) is 10.5 Å². The van der Waals surface area contributed by atoms with Crippen LogP contribution < -0.4 is 10.6 Å². The highest BCUT2D eigenvalue weighted by atomic mass is 16.5. The molecule has 1 aromatic heterocycles. The van der Waals surface area contributed by atoms with Crippen molar-refractivity contribution < 1.29 is 28.3 Å². The molecule has 2 aromatic carbocycles. The molecule has 35 heavy (non-hydrogen) atoms. The molecule has 0 saturated carbocycles. The van der Waals surface area contributed by atoms with Crippen LogP contribution in [-0.4, -0.2) is 42.4 Å². The van der Waals surface area contributed by atoms with Gasteiger partial charge >= 0.3 is 12.0 Å². The molecule has 1 fully saturated rings. The van der Waals surface area contributed by atoms with Crippen LogP contribution in [0.2, 0.25) is 0 Å². The molecule has 0 radical (unpaired) electrons. The number of imide groups is 1.